The summed E-state index contributed by atoms with van der Waals surface area (Å²) < 4.78 is 6.06. The van der Waals surface area contributed by atoms with Gasteiger partial charge in [0.05, 0.1) is 11.6 Å². The molecule has 0 bridgehead atoms. The molecule has 0 fully saturated rings. The second kappa shape index (κ2) is 4.50. The van der Waals surface area contributed by atoms with E-state index < -0.39 is 0 Å². The highest BCUT2D eigenvalue weighted by atomic mass is 16.3. The fraction of sp³-hybridized carbons (Fsp3) is 0. The molecule has 98 valence electrons. The molecule has 0 atom stereocenters. The van der Waals surface area contributed by atoms with E-state index in [-0.39, 0.29) is 0 Å². The number of benzene rings is 3. The SMILES string of the molecule is N#Cc1ccc(-c2cc3ccc4ccccc4c3o2)cc1. The fourth-order valence-electron chi connectivity index (χ4n) is 2.62. The molecule has 0 aliphatic heterocycles. The molecule has 0 saturated carbocycles. The molecule has 0 aliphatic carbocycles. The van der Waals surface area contributed by atoms with E-state index in [4.69, 9.17) is 9.68 Å². The van der Waals surface area contributed by atoms with Crippen LogP contribution in [0.5, 0.6) is 0 Å². The summed E-state index contributed by atoms with van der Waals surface area (Å²) in [5.74, 6) is 0.825. The van der Waals surface area contributed by atoms with Crippen molar-refractivity contribution in [2.45, 2.75) is 0 Å². The van der Waals surface area contributed by atoms with Gasteiger partial charge in [-0.15, -0.1) is 0 Å². The van der Waals surface area contributed by atoms with Crippen LogP contribution in [-0.4, -0.2) is 0 Å². The summed E-state index contributed by atoms with van der Waals surface area (Å²) in [6, 6.07) is 24.0. The summed E-state index contributed by atoms with van der Waals surface area (Å²) in [5.41, 5.74) is 2.54. The third-order valence-corrected chi connectivity index (χ3v) is 3.71. The second-order valence-corrected chi connectivity index (χ2v) is 5.00. The second-order valence-electron chi connectivity index (χ2n) is 5.00. The van der Waals surface area contributed by atoms with Crippen LogP contribution in [0.15, 0.2) is 71.1 Å². The lowest BCUT2D eigenvalue weighted by Gasteiger charge is -1.98. The molecule has 1 aromatic heterocycles. The fourth-order valence-corrected chi connectivity index (χ4v) is 2.62. The quantitative estimate of drug-likeness (QED) is 0.480. The molecule has 2 nitrogen and oxygen atoms in total. The summed E-state index contributed by atoms with van der Waals surface area (Å²) in [6.07, 6.45) is 0. The van der Waals surface area contributed by atoms with Crippen molar-refractivity contribution in [2.24, 2.45) is 0 Å². The van der Waals surface area contributed by atoms with E-state index >= 15 is 0 Å². The van der Waals surface area contributed by atoms with Crippen LogP contribution >= 0.6 is 0 Å². The summed E-state index contributed by atoms with van der Waals surface area (Å²) in [4.78, 5) is 0. The zero-order valence-electron chi connectivity index (χ0n) is 11.2. The molecule has 1 heterocycles. The maximum Gasteiger partial charge on any atom is 0.142 e. The molecular weight excluding hydrogens is 258 g/mol. The maximum atomic E-state index is 8.86. The average Bonchev–Trinajstić information content (AvgIpc) is 2.99. The Balaban J connectivity index is 1.94. The minimum absolute atomic E-state index is 0.653. The molecule has 0 aliphatic rings. The van der Waals surface area contributed by atoms with E-state index in [1.807, 2.05) is 30.3 Å². The van der Waals surface area contributed by atoms with Crippen molar-refractivity contribution in [3.8, 4) is 17.4 Å². The minimum Gasteiger partial charge on any atom is -0.455 e. The van der Waals surface area contributed by atoms with Crippen LogP contribution in [0.25, 0.3) is 33.1 Å². The van der Waals surface area contributed by atoms with Crippen LogP contribution < -0.4 is 0 Å². The van der Waals surface area contributed by atoms with Gasteiger partial charge in [0.25, 0.3) is 0 Å². The summed E-state index contributed by atoms with van der Waals surface area (Å²) in [7, 11) is 0. The first-order valence-electron chi connectivity index (χ1n) is 6.77. The maximum absolute atomic E-state index is 8.86. The van der Waals surface area contributed by atoms with Crippen LogP contribution in [0.4, 0.5) is 0 Å². The van der Waals surface area contributed by atoms with Crippen LogP contribution in [0.1, 0.15) is 5.56 Å². The highest BCUT2D eigenvalue weighted by Gasteiger charge is 2.09. The normalized spacial score (nSPS) is 10.8. The van der Waals surface area contributed by atoms with E-state index in [0.717, 1.165) is 27.7 Å². The van der Waals surface area contributed by atoms with Crippen molar-refractivity contribution < 1.29 is 4.42 Å². The van der Waals surface area contributed by atoms with Gasteiger partial charge in [-0.3, -0.25) is 0 Å². The molecule has 0 spiro atoms. The Kier molecular flexibility index (Phi) is 2.52. The Morgan fingerprint density at radius 1 is 0.810 bits per heavy atom. The van der Waals surface area contributed by atoms with E-state index in [0.29, 0.717) is 5.56 Å². The molecule has 21 heavy (non-hydrogen) atoms. The van der Waals surface area contributed by atoms with Crippen molar-refractivity contribution in [3.05, 3.63) is 72.3 Å². The summed E-state index contributed by atoms with van der Waals surface area (Å²) in [6.45, 7) is 0. The van der Waals surface area contributed by atoms with Gasteiger partial charge in [0, 0.05) is 16.3 Å². The first-order chi connectivity index (χ1) is 10.3. The molecule has 4 aromatic rings. The number of hydrogen-bond acceptors (Lipinski definition) is 2. The van der Waals surface area contributed by atoms with Gasteiger partial charge in [0.15, 0.2) is 0 Å². The van der Waals surface area contributed by atoms with Gasteiger partial charge >= 0.3 is 0 Å². The molecule has 0 N–H and O–H groups in total. The molecule has 0 unspecified atom stereocenters. The molecule has 0 amide bonds. The number of hydrogen-bond donors (Lipinski definition) is 0. The van der Waals surface area contributed by atoms with Gasteiger partial charge in [0.2, 0.25) is 0 Å². The minimum atomic E-state index is 0.653. The summed E-state index contributed by atoms with van der Waals surface area (Å²) in [5, 5.41) is 12.2. The van der Waals surface area contributed by atoms with Gasteiger partial charge in [-0.05, 0) is 35.7 Å². The number of nitriles is 1. The Hall–Kier alpha value is -3.05. The van der Waals surface area contributed by atoms with Crippen LogP contribution in [-0.2, 0) is 0 Å². The third kappa shape index (κ3) is 1.87. The number of fused-ring (bicyclic) bond motifs is 3. The molecule has 4 rings (SSSR count). The van der Waals surface area contributed by atoms with Crippen molar-refractivity contribution in [1.29, 1.82) is 5.26 Å². The number of nitrogens with zero attached hydrogens (tertiary/aromatic N) is 1. The van der Waals surface area contributed by atoms with Gasteiger partial charge in [0.1, 0.15) is 11.3 Å². The van der Waals surface area contributed by atoms with Gasteiger partial charge in [-0.25, -0.2) is 0 Å². The van der Waals surface area contributed by atoms with E-state index in [1.54, 1.807) is 12.1 Å². The van der Waals surface area contributed by atoms with Crippen molar-refractivity contribution in [1.82, 2.24) is 0 Å². The molecule has 0 saturated heterocycles. The standard InChI is InChI=1S/C19H11NO/c20-12-13-5-7-15(8-6-13)18-11-16-10-9-14-3-1-2-4-17(14)19(16)21-18/h1-11H. The Bertz CT molecular complexity index is 988. The lowest BCUT2D eigenvalue weighted by Crippen LogP contribution is -1.75. The van der Waals surface area contributed by atoms with Gasteiger partial charge in [-0.2, -0.15) is 5.26 Å². The van der Waals surface area contributed by atoms with Crippen molar-refractivity contribution >= 4 is 21.7 Å². The zero-order chi connectivity index (χ0) is 14.2. The van der Waals surface area contributed by atoms with Crippen LogP contribution in [0.2, 0.25) is 0 Å². The van der Waals surface area contributed by atoms with Crippen LogP contribution in [0.3, 0.4) is 0 Å². The first-order valence-corrected chi connectivity index (χ1v) is 6.77. The van der Waals surface area contributed by atoms with Gasteiger partial charge in [-0.1, -0.05) is 36.4 Å². The predicted octanol–water partition coefficient (Wildman–Crippen LogP) is 5.12. The van der Waals surface area contributed by atoms with Crippen LogP contribution in [0, 0.1) is 11.3 Å². The summed E-state index contributed by atoms with van der Waals surface area (Å²) >= 11 is 0. The Morgan fingerprint density at radius 3 is 2.38 bits per heavy atom. The van der Waals surface area contributed by atoms with E-state index in [9.17, 15) is 0 Å². The van der Waals surface area contributed by atoms with E-state index in [1.165, 1.54) is 5.39 Å². The lowest BCUT2D eigenvalue weighted by molar-refractivity contribution is 0.635. The van der Waals surface area contributed by atoms with Crippen molar-refractivity contribution in [3.63, 3.8) is 0 Å². The van der Waals surface area contributed by atoms with E-state index in [2.05, 4.69) is 30.3 Å². The highest BCUT2D eigenvalue weighted by molar-refractivity contribution is 6.05. The number of rotatable bonds is 1. The lowest BCUT2D eigenvalue weighted by atomic mass is 10.1. The Morgan fingerprint density at radius 2 is 1.57 bits per heavy atom. The number of furan rings is 1. The first kappa shape index (κ1) is 11.7. The topological polar surface area (TPSA) is 36.9 Å². The molecule has 0 radical (unpaired) electrons. The molecule has 2 heteroatoms. The average molecular weight is 269 g/mol. The zero-order valence-corrected chi connectivity index (χ0v) is 11.2. The molecule has 3 aromatic carbocycles. The third-order valence-electron chi connectivity index (χ3n) is 3.71. The highest BCUT2D eigenvalue weighted by Crippen LogP contribution is 2.32. The smallest absolute Gasteiger partial charge is 0.142 e. The largest absolute Gasteiger partial charge is 0.455 e. The van der Waals surface area contributed by atoms with Crippen molar-refractivity contribution in [2.75, 3.05) is 0 Å². The van der Waals surface area contributed by atoms with Gasteiger partial charge < -0.3 is 4.42 Å². The monoisotopic (exact) mass is 269 g/mol. The molecular formula is C19H11NO. The Labute approximate surface area is 121 Å². The predicted molar refractivity (Wildman–Crippen MR) is 83.9 cm³/mol.